The first-order valence-electron chi connectivity index (χ1n) is 16.2. The van der Waals surface area contributed by atoms with E-state index < -0.39 is 0 Å². The lowest BCUT2D eigenvalue weighted by Crippen LogP contribution is -2.00. The van der Waals surface area contributed by atoms with Crippen LogP contribution in [0.3, 0.4) is 0 Å². The maximum Gasteiger partial charge on any atom is 0.167 e. The summed E-state index contributed by atoms with van der Waals surface area (Å²) in [5.41, 5.74) is 7.40. The van der Waals surface area contributed by atoms with Gasteiger partial charge in [0.1, 0.15) is 33.5 Å². The summed E-state index contributed by atoms with van der Waals surface area (Å²) in [5.74, 6) is 1.69. The Kier molecular flexibility index (Phi) is 5.29. The highest BCUT2D eigenvalue weighted by Crippen LogP contribution is 2.45. The zero-order chi connectivity index (χ0) is 32.1. The van der Waals surface area contributed by atoms with Crippen molar-refractivity contribution in [1.82, 2.24) is 15.0 Å². The second kappa shape index (κ2) is 9.86. The van der Waals surface area contributed by atoms with E-state index in [0.717, 1.165) is 93.3 Å². The van der Waals surface area contributed by atoms with Crippen molar-refractivity contribution in [3.8, 4) is 34.2 Å². The summed E-state index contributed by atoms with van der Waals surface area (Å²) in [4.78, 5) is 15.2. The zero-order valence-corrected chi connectivity index (χ0v) is 25.8. The molecule has 0 saturated heterocycles. The molecule has 0 bridgehead atoms. The molecule has 0 radical (unpaired) electrons. The van der Waals surface area contributed by atoms with Crippen LogP contribution in [0.4, 0.5) is 0 Å². The van der Waals surface area contributed by atoms with Gasteiger partial charge in [0.05, 0.1) is 10.9 Å². The summed E-state index contributed by atoms with van der Waals surface area (Å²) in [6, 6.07) is 46.9. The fourth-order valence-corrected chi connectivity index (χ4v) is 7.30. The second-order valence-corrected chi connectivity index (χ2v) is 12.3. The third kappa shape index (κ3) is 3.79. The van der Waals surface area contributed by atoms with Gasteiger partial charge < -0.3 is 13.3 Å². The minimum atomic E-state index is 0.544. The van der Waals surface area contributed by atoms with Gasteiger partial charge >= 0.3 is 0 Å². The van der Waals surface area contributed by atoms with E-state index in [4.69, 9.17) is 28.2 Å². The van der Waals surface area contributed by atoms with E-state index in [1.165, 1.54) is 0 Å². The number of rotatable bonds is 3. The van der Waals surface area contributed by atoms with Gasteiger partial charge in [-0.25, -0.2) is 15.0 Å². The first-order valence-corrected chi connectivity index (χ1v) is 16.2. The van der Waals surface area contributed by atoms with Gasteiger partial charge in [0.15, 0.2) is 17.5 Å². The number of benzene rings is 7. The van der Waals surface area contributed by atoms with Crippen molar-refractivity contribution < 1.29 is 13.3 Å². The predicted octanol–water partition coefficient (Wildman–Crippen LogP) is 11.7. The first kappa shape index (κ1) is 26.3. The third-order valence-corrected chi connectivity index (χ3v) is 9.52. The highest BCUT2D eigenvalue weighted by molar-refractivity contribution is 6.33. The molecule has 11 rings (SSSR count). The summed E-state index contributed by atoms with van der Waals surface area (Å²) in [5, 5.41) is 8.22. The molecule has 4 aromatic heterocycles. The normalized spacial score (nSPS) is 12.1. The highest BCUT2D eigenvalue weighted by atomic mass is 16.3. The summed E-state index contributed by atoms with van der Waals surface area (Å²) >= 11 is 0. The maximum absolute atomic E-state index is 6.67. The number of para-hydroxylation sites is 3. The molecule has 0 aliphatic rings. The third-order valence-electron chi connectivity index (χ3n) is 9.52. The molecule has 0 N–H and O–H groups in total. The lowest BCUT2D eigenvalue weighted by molar-refractivity contribution is 0.665. The lowest BCUT2D eigenvalue weighted by Gasteiger charge is -2.09. The number of fused-ring (bicyclic) bond motifs is 13. The fraction of sp³-hybridized carbons (Fsp3) is 0. The molecule has 6 heteroatoms. The SMILES string of the molecule is c1ccc(-c2nc(-c3ccc4oc5c(c4c3)c3ccccc3c3oc4ccccc4c35)nc(-c3cccc4c3oc3ccccc34)n2)cc1. The van der Waals surface area contributed by atoms with Gasteiger partial charge in [0.25, 0.3) is 0 Å². The monoisotopic (exact) mass is 629 g/mol. The Morgan fingerprint density at radius 1 is 0.327 bits per heavy atom. The maximum atomic E-state index is 6.67. The molecule has 7 aromatic carbocycles. The van der Waals surface area contributed by atoms with Crippen LogP contribution in [-0.4, -0.2) is 15.0 Å². The molecule has 0 spiro atoms. The quantitative estimate of drug-likeness (QED) is 0.193. The van der Waals surface area contributed by atoms with E-state index in [-0.39, 0.29) is 0 Å². The molecule has 49 heavy (non-hydrogen) atoms. The Hall–Kier alpha value is -6.79. The smallest absolute Gasteiger partial charge is 0.167 e. The van der Waals surface area contributed by atoms with Gasteiger partial charge in [-0.15, -0.1) is 0 Å². The van der Waals surface area contributed by atoms with Crippen LogP contribution in [0.5, 0.6) is 0 Å². The van der Waals surface area contributed by atoms with Crippen LogP contribution < -0.4 is 0 Å². The molecule has 6 nitrogen and oxygen atoms in total. The van der Waals surface area contributed by atoms with Crippen molar-refractivity contribution in [2.24, 2.45) is 0 Å². The van der Waals surface area contributed by atoms with E-state index >= 15 is 0 Å². The molecule has 0 atom stereocenters. The van der Waals surface area contributed by atoms with E-state index in [9.17, 15) is 0 Å². The van der Waals surface area contributed by atoms with Gasteiger partial charge in [-0.1, -0.05) is 103 Å². The molecule has 0 saturated carbocycles. The molecule has 0 aliphatic carbocycles. The summed E-state index contributed by atoms with van der Waals surface area (Å²) in [7, 11) is 0. The van der Waals surface area contributed by atoms with Gasteiger partial charge in [-0.2, -0.15) is 0 Å². The Balaban J connectivity index is 1.19. The van der Waals surface area contributed by atoms with Crippen molar-refractivity contribution in [1.29, 1.82) is 0 Å². The van der Waals surface area contributed by atoms with Crippen LogP contribution in [0, 0.1) is 0 Å². The van der Waals surface area contributed by atoms with Crippen LogP contribution in [-0.2, 0) is 0 Å². The summed E-state index contributed by atoms with van der Waals surface area (Å²) in [6.07, 6.45) is 0. The average Bonchev–Trinajstić information content (AvgIpc) is 3.86. The molecule has 0 fully saturated rings. The molecule has 4 heterocycles. The van der Waals surface area contributed by atoms with Crippen LogP contribution in [0.2, 0.25) is 0 Å². The van der Waals surface area contributed by atoms with Crippen molar-refractivity contribution in [3.05, 3.63) is 140 Å². The standard InChI is InChI=1S/C43H23N3O3/c1-2-11-24(12-3-1)41-44-42(46-43(45-41)31-18-10-17-28-26-13-6-8-19-33(26)47-38(28)31)25-21-22-35-32(23-25)36-27-14-4-5-15-29(27)39-37(40(36)49-35)30-16-7-9-20-34(30)48-39/h1-23H. The molecule has 0 amide bonds. The van der Waals surface area contributed by atoms with E-state index in [0.29, 0.717) is 17.5 Å². The van der Waals surface area contributed by atoms with E-state index in [1.807, 2.05) is 91.0 Å². The molecular weight excluding hydrogens is 606 g/mol. The first-order chi connectivity index (χ1) is 24.3. The van der Waals surface area contributed by atoms with Crippen LogP contribution in [0.25, 0.3) is 111 Å². The van der Waals surface area contributed by atoms with Crippen LogP contribution in [0.15, 0.2) is 153 Å². The Labute approximate surface area is 277 Å². The molecule has 0 aliphatic heterocycles. The molecule has 0 unspecified atom stereocenters. The molecule has 228 valence electrons. The van der Waals surface area contributed by atoms with E-state index in [1.54, 1.807) is 0 Å². The predicted molar refractivity (Wildman–Crippen MR) is 195 cm³/mol. The number of aromatic nitrogens is 3. The average molecular weight is 630 g/mol. The minimum absolute atomic E-state index is 0.544. The van der Waals surface area contributed by atoms with Crippen molar-refractivity contribution in [3.63, 3.8) is 0 Å². The second-order valence-electron chi connectivity index (χ2n) is 12.3. The van der Waals surface area contributed by atoms with Crippen molar-refractivity contribution >= 4 is 76.6 Å². The minimum Gasteiger partial charge on any atom is -0.455 e. The van der Waals surface area contributed by atoms with Crippen molar-refractivity contribution in [2.45, 2.75) is 0 Å². The number of hydrogen-bond acceptors (Lipinski definition) is 6. The summed E-state index contributed by atoms with van der Waals surface area (Å²) in [6.45, 7) is 0. The fourth-order valence-electron chi connectivity index (χ4n) is 7.30. The van der Waals surface area contributed by atoms with Crippen LogP contribution in [0.1, 0.15) is 0 Å². The molecular formula is C43H23N3O3. The Bertz CT molecular complexity index is 3120. The van der Waals surface area contributed by atoms with Gasteiger partial charge in [0, 0.05) is 43.4 Å². The van der Waals surface area contributed by atoms with Gasteiger partial charge in [-0.05, 0) is 41.8 Å². The lowest BCUT2D eigenvalue weighted by atomic mass is 9.99. The number of nitrogens with zero attached hydrogens (tertiary/aromatic N) is 3. The van der Waals surface area contributed by atoms with Gasteiger partial charge in [0.2, 0.25) is 0 Å². The summed E-state index contributed by atoms with van der Waals surface area (Å²) < 4.78 is 19.5. The van der Waals surface area contributed by atoms with E-state index in [2.05, 4.69) is 48.5 Å². The molecule has 11 aromatic rings. The van der Waals surface area contributed by atoms with Gasteiger partial charge in [-0.3, -0.25) is 0 Å². The largest absolute Gasteiger partial charge is 0.455 e. The Morgan fingerprint density at radius 2 is 0.898 bits per heavy atom. The highest BCUT2D eigenvalue weighted by Gasteiger charge is 2.22. The van der Waals surface area contributed by atoms with Crippen molar-refractivity contribution in [2.75, 3.05) is 0 Å². The zero-order valence-electron chi connectivity index (χ0n) is 25.8. The topological polar surface area (TPSA) is 78.1 Å². The number of furan rings is 3. The number of hydrogen-bond donors (Lipinski definition) is 0. The van der Waals surface area contributed by atoms with Crippen LogP contribution >= 0.6 is 0 Å². The Morgan fingerprint density at radius 3 is 1.73 bits per heavy atom.